The molecule has 0 aliphatic rings. The largest absolute Gasteiger partial charge is 0.462 e. The maximum absolute atomic E-state index is 14.4. The normalized spacial score (nSPS) is 11.8. The average Bonchev–Trinajstić information content (AvgIpc) is 3.35. The molecule has 0 fully saturated rings. The molecule has 1 N–H and O–H groups in total. The number of carbonyl (C=O) groups is 3. The number of rotatable bonds is 7. The SMILES string of the molecule is CCOC(=O)c1sc2cccc(F)c2c1COC(=O)[C@@H](C)NC(=O)c1ccco1. The molecule has 0 aliphatic heterocycles. The molecule has 0 saturated heterocycles. The molecule has 3 rings (SSSR count). The Hall–Kier alpha value is -3.20. The summed E-state index contributed by atoms with van der Waals surface area (Å²) in [6, 6.07) is 6.49. The summed E-state index contributed by atoms with van der Waals surface area (Å²) in [5, 5.41) is 2.66. The van der Waals surface area contributed by atoms with Crippen molar-refractivity contribution in [3.63, 3.8) is 0 Å². The van der Waals surface area contributed by atoms with Gasteiger partial charge < -0.3 is 19.2 Å². The molecule has 0 saturated carbocycles. The Kier molecular flexibility index (Phi) is 6.28. The molecule has 2 heterocycles. The number of hydrogen-bond donors (Lipinski definition) is 1. The summed E-state index contributed by atoms with van der Waals surface area (Å²) in [4.78, 5) is 36.7. The first kappa shape index (κ1) is 20.5. The second kappa shape index (κ2) is 8.87. The first-order valence-corrected chi connectivity index (χ1v) is 9.62. The van der Waals surface area contributed by atoms with Gasteiger partial charge >= 0.3 is 11.9 Å². The van der Waals surface area contributed by atoms with Gasteiger partial charge in [0.15, 0.2) is 5.76 Å². The Balaban J connectivity index is 1.76. The zero-order valence-electron chi connectivity index (χ0n) is 15.7. The Labute approximate surface area is 169 Å². The number of carbonyl (C=O) groups excluding carboxylic acids is 3. The van der Waals surface area contributed by atoms with Crippen LogP contribution in [0.3, 0.4) is 0 Å². The van der Waals surface area contributed by atoms with Crippen LogP contribution in [0.1, 0.15) is 39.6 Å². The van der Waals surface area contributed by atoms with Gasteiger partial charge in [-0.25, -0.2) is 14.0 Å². The van der Waals surface area contributed by atoms with Gasteiger partial charge in [-0.15, -0.1) is 11.3 Å². The van der Waals surface area contributed by atoms with E-state index < -0.39 is 29.7 Å². The number of nitrogens with one attached hydrogen (secondary N) is 1. The van der Waals surface area contributed by atoms with Gasteiger partial charge in [0.05, 0.1) is 12.9 Å². The van der Waals surface area contributed by atoms with Gasteiger partial charge in [-0.1, -0.05) is 6.07 Å². The number of furan rings is 1. The molecule has 0 spiro atoms. The Bertz CT molecular complexity index is 1040. The van der Waals surface area contributed by atoms with Crippen molar-refractivity contribution in [3.05, 3.63) is 58.6 Å². The molecule has 7 nitrogen and oxygen atoms in total. The summed E-state index contributed by atoms with van der Waals surface area (Å²) in [6.07, 6.45) is 1.34. The molecule has 2 aromatic heterocycles. The smallest absolute Gasteiger partial charge is 0.348 e. The fourth-order valence-corrected chi connectivity index (χ4v) is 3.79. The molecule has 1 aromatic carbocycles. The van der Waals surface area contributed by atoms with Crippen LogP contribution in [-0.4, -0.2) is 30.5 Å². The van der Waals surface area contributed by atoms with E-state index in [-0.39, 0.29) is 34.8 Å². The van der Waals surface area contributed by atoms with Gasteiger partial charge in [0.25, 0.3) is 5.91 Å². The van der Waals surface area contributed by atoms with Crippen molar-refractivity contribution in [2.45, 2.75) is 26.5 Å². The summed E-state index contributed by atoms with van der Waals surface area (Å²) in [5.41, 5.74) is 0.236. The van der Waals surface area contributed by atoms with Crippen LogP contribution in [0, 0.1) is 5.82 Å². The van der Waals surface area contributed by atoms with Crippen LogP contribution >= 0.6 is 11.3 Å². The third-order valence-corrected chi connectivity index (χ3v) is 5.21. The quantitative estimate of drug-likeness (QED) is 0.587. The van der Waals surface area contributed by atoms with Gasteiger partial charge in [0, 0.05) is 15.6 Å². The highest BCUT2D eigenvalue weighted by atomic mass is 32.1. The molecule has 152 valence electrons. The fourth-order valence-electron chi connectivity index (χ4n) is 2.67. The van der Waals surface area contributed by atoms with Crippen LogP contribution < -0.4 is 5.32 Å². The zero-order chi connectivity index (χ0) is 21.0. The fraction of sp³-hybridized carbons (Fsp3) is 0.250. The molecule has 0 aliphatic carbocycles. The molecule has 9 heteroatoms. The lowest BCUT2D eigenvalue weighted by atomic mass is 10.1. The van der Waals surface area contributed by atoms with Crippen molar-refractivity contribution < 1.29 is 32.7 Å². The summed E-state index contributed by atoms with van der Waals surface area (Å²) >= 11 is 1.07. The van der Waals surface area contributed by atoms with Crippen LogP contribution in [0.4, 0.5) is 4.39 Å². The second-order valence-electron chi connectivity index (χ2n) is 6.02. The molecule has 1 amide bonds. The number of hydrogen-bond acceptors (Lipinski definition) is 7. The molecular formula is C20H18FNO6S. The van der Waals surface area contributed by atoms with Crippen LogP contribution in [0.5, 0.6) is 0 Å². The van der Waals surface area contributed by atoms with Crippen LogP contribution in [0.25, 0.3) is 10.1 Å². The number of esters is 2. The van der Waals surface area contributed by atoms with Gasteiger partial charge in [0.2, 0.25) is 0 Å². The molecular weight excluding hydrogens is 401 g/mol. The highest BCUT2D eigenvalue weighted by Gasteiger charge is 2.25. The van der Waals surface area contributed by atoms with Crippen molar-refractivity contribution in [2.75, 3.05) is 6.61 Å². The maximum Gasteiger partial charge on any atom is 0.348 e. The minimum atomic E-state index is -0.978. The van der Waals surface area contributed by atoms with E-state index in [0.29, 0.717) is 4.70 Å². The van der Waals surface area contributed by atoms with Gasteiger partial charge in [-0.3, -0.25) is 4.79 Å². The third kappa shape index (κ3) is 4.45. The van der Waals surface area contributed by atoms with Crippen molar-refractivity contribution in [2.24, 2.45) is 0 Å². The standard InChI is InChI=1S/C20H18FNO6S/c1-3-26-20(25)17-12(16-13(21)6-4-8-15(16)29-17)10-28-19(24)11(2)22-18(23)14-7-5-9-27-14/h4-9,11H,3,10H2,1-2H3,(H,22,23)/t11-/m1/s1. The second-order valence-corrected chi connectivity index (χ2v) is 7.08. The van der Waals surface area contributed by atoms with E-state index in [1.165, 1.54) is 31.4 Å². The van der Waals surface area contributed by atoms with Crippen LogP contribution in [0.2, 0.25) is 0 Å². The molecule has 3 aromatic rings. The molecule has 0 bridgehead atoms. The molecule has 1 atom stereocenters. The van der Waals surface area contributed by atoms with E-state index in [1.807, 2.05) is 0 Å². The highest BCUT2D eigenvalue weighted by molar-refractivity contribution is 7.21. The lowest BCUT2D eigenvalue weighted by molar-refractivity contribution is -0.146. The Morgan fingerprint density at radius 2 is 2.00 bits per heavy atom. The van der Waals surface area contributed by atoms with Crippen LogP contribution in [0.15, 0.2) is 41.0 Å². The van der Waals surface area contributed by atoms with E-state index in [0.717, 1.165) is 11.3 Å². The molecule has 29 heavy (non-hydrogen) atoms. The number of halogens is 1. The predicted molar refractivity (Wildman–Crippen MR) is 103 cm³/mol. The van der Waals surface area contributed by atoms with E-state index in [9.17, 15) is 18.8 Å². The lowest BCUT2D eigenvalue weighted by Gasteiger charge is -2.13. The summed E-state index contributed by atoms with van der Waals surface area (Å²) < 4.78 is 30.1. The first-order valence-electron chi connectivity index (χ1n) is 8.80. The summed E-state index contributed by atoms with van der Waals surface area (Å²) in [7, 11) is 0. The van der Waals surface area contributed by atoms with Crippen molar-refractivity contribution >= 4 is 39.3 Å². The lowest BCUT2D eigenvalue weighted by Crippen LogP contribution is -2.39. The van der Waals surface area contributed by atoms with Crippen molar-refractivity contribution in [3.8, 4) is 0 Å². The van der Waals surface area contributed by atoms with E-state index in [2.05, 4.69) is 5.32 Å². The molecule has 0 unspecified atom stereocenters. The monoisotopic (exact) mass is 419 g/mol. The van der Waals surface area contributed by atoms with Crippen molar-refractivity contribution in [1.82, 2.24) is 5.32 Å². The topological polar surface area (TPSA) is 94.8 Å². The number of amides is 1. The summed E-state index contributed by atoms with van der Waals surface area (Å²) in [6.45, 7) is 2.93. The summed E-state index contributed by atoms with van der Waals surface area (Å²) in [5.74, 6) is -2.40. The number of benzene rings is 1. The zero-order valence-corrected chi connectivity index (χ0v) is 16.5. The molecule has 0 radical (unpaired) electrons. The minimum Gasteiger partial charge on any atom is -0.462 e. The van der Waals surface area contributed by atoms with Gasteiger partial charge in [-0.05, 0) is 38.1 Å². The number of ether oxygens (including phenoxy) is 2. The number of fused-ring (bicyclic) bond motifs is 1. The highest BCUT2D eigenvalue weighted by Crippen LogP contribution is 2.34. The third-order valence-electron chi connectivity index (χ3n) is 4.03. The van der Waals surface area contributed by atoms with Gasteiger partial charge in [-0.2, -0.15) is 0 Å². The van der Waals surface area contributed by atoms with Crippen molar-refractivity contribution in [1.29, 1.82) is 0 Å². The average molecular weight is 419 g/mol. The Morgan fingerprint density at radius 3 is 2.69 bits per heavy atom. The number of thiophene rings is 1. The first-order chi connectivity index (χ1) is 13.9. The van der Waals surface area contributed by atoms with Crippen LogP contribution in [-0.2, 0) is 20.9 Å². The Morgan fingerprint density at radius 1 is 1.21 bits per heavy atom. The predicted octanol–water partition coefficient (Wildman–Crippen LogP) is 3.67. The van der Waals surface area contributed by atoms with E-state index in [1.54, 1.807) is 19.1 Å². The van der Waals surface area contributed by atoms with Gasteiger partial charge in [0.1, 0.15) is 23.3 Å². The van der Waals surface area contributed by atoms with E-state index in [4.69, 9.17) is 13.9 Å². The maximum atomic E-state index is 14.4. The van der Waals surface area contributed by atoms with E-state index >= 15 is 0 Å². The minimum absolute atomic E-state index is 0.0557.